The van der Waals surface area contributed by atoms with E-state index in [1.165, 1.54) is 0 Å². The van der Waals surface area contributed by atoms with Gasteiger partial charge in [-0.25, -0.2) is 0 Å². The van der Waals surface area contributed by atoms with Crippen LogP contribution in [0.25, 0.3) is 0 Å². The third kappa shape index (κ3) is 5.27. The quantitative estimate of drug-likeness (QED) is 0.618. The highest BCUT2D eigenvalue weighted by Gasteiger charge is 2.13. The molecule has 0 N–H and O–H groups in total. The van der Waals surface area contributed by atoms with Gasteiger partial charge in [-0.15, -0.1) is 0 Å². The van der Waals surface area contributed by atoms with Crippen LogP contribution in [0.5, 0.6) is 0 Å². The molecule has 8 heteroatoms. The van der Waals surface area contributed by atoms with Crippen LogP contribution in [0.3, 0.4) is 0 Å². The Morgan fingerprint density at radius 2 is 1.04 bits per heavy atom. The van der Waals surface area contributed by atoms with Gasteiger partial charge < -0.3 is 0 Å². The Morgan fingerprint density at radius 1 is 0.654 bits per heavy atom. The lowest BCUT2D eigenvalue weighted by molar-refractivity contribution is 0.141. The van der Waals surface area contributed by atoms with Crippen LogP contribution in [-0.2, 0) is 0 Å². The van der Waals surface area contributed by atoms with E-state index >= 15 is 0 Å². The van der Waals surface area contributed by atoms with Crippen LogP contribution in [0, 0.1) is 0 Å². The molecule has 0 unspecified atom stereocenters. The van der Waals surface area contributed by atoms with Crippen LogP contribution in [-0.4, -0.2) is 48.6 Å². The highest BCUT2D eigenvalue weighted by Crippen LogP contribution is 2.20. The summed E-state index contributed by atoms with van der Waals surface area (Å²) >= 11 is 24.1. The molecule has 3 rings (SSSR count). The van der Waals surface area contributed by atoms with Crippen molar-refractivity contribution < 1.29 is 0 Å². The SMILES string of the molecule is Clc1ccc(/C=N\N2CCN(/N=C/c3ccc(Cl)cc3Cl)CC2)c(Cl)c1. The van der Waals surface area contributed by atoms with Crippen LogP contribution < -0.4 is 0 Å². The van der Waals surface area contributed by atoms with Gasteiger partial charge in [-0.05, 0) is 24.3 Å². The van der Waals surface area contributed by atoms with E-state index in [-0.39, 0.29) is 0 Å². The molecule has 1 heterocycles. The summed E-state index contributed by atoms with van der Waals surface area (Å²) in [5.74, 6) is 0. The highest BCUT2D eigenvalue weighted by molar-refractivity contribution is 6.36. The van der Waals surface area contributed by atoms with E-state index in [4.69, 9.17) is 46.4 Å². The Labute approximate surface area is 172 Å². The van der Waals surface area contributed by atoms with E-state index < -0.39 is 0 Å². The van der Waals surface area contributed by atoms with Crippen LogP contribution >= 0.6 is 46.4 Å². The summed E-state index contributed by atoms with van der Waals surface area (Å²) in [5, 5.41) is 15.4. The molecule has 4 nitrogen and oxygen atoms in total. The summed E-state index contributed by atoms with van der Waals surface area (Å²) in [5.41, 5.74) is 1.68. The maximum absolute atomic E-state index is 6.15. The van der Waals surface area contributed by atoms with Crippen molar-refractivity contribution in [2.45, 2.75) is 0 Å². The molecule has 0 saturated carbocycles. The van der Waals surface area contributed by atoms with Crippen LogP contribution in [0.4, 0.5) is 0 Å². The minimum atomic E-state index is 0.587. The fraction of sp³-hybridized carbons (Fsp3) is 0.222. The maximum atomic E-state index is 6.15. The van der Waals surface area contributed by atoms with E-state index in [1.54, 1.807) is 36.7 Å². The first-order valence-electron chi connectivity index (χ1n) is 7.99. The lowest BCUT2D eigenvalue weighted by Crippen LogP contribution is -2.41. The number of nitrogens with zero attached hydrogens (tertiary/aromatic N) is 4. The van der Waals surface area contributed by atoms with Gasteiger partial charge in [-0.1, -0.05) is 58.5 Å². The summed E-state index contributed by atoms with van der Waals surface area (Å²) in [6.07, 6.45) is 3.51. The van der Waals surface area contributed by atoms with Gasteiger partial charge in [0, 0.05) is 21.2 Å². The van der Waals surface area contributed by atoms with Crippen molar-refractivity contribution in [3.63, 3.8) is 0 Å². The Hall–Kier alpha value is -1.46. The normalized spacial score (nSPS) is 15.4. The summed E-state index contributed by atoms with van der Waals surface area (Å²) in [6.45, 7) is 3.08. The summed E-state index contributed by atoms with van der Waals surface area (Å²) < 4.78 is 0. The standard InChI is InChI=1S/C18H16Cl4N4/c19-15-3-1-13(17(21)9-15)11-23-25-5-7-26(8-6-25)24-12-14-2-4-16(20)10-18(14)22/h1-4,9-12H,5-8H2/b23-11-,24-12+. The second-order valence-corrected chi connectivity index (χ2v) is 7.42. The number of rotatable bonds is 4. The molecule has 1 fully saturated rings. The van der Waals surface area contributed by atoms with Crippen molar-refractivity contribution in [2.75, 3.05) is 26.2 Å². The van der Waals surface area contributed by atoms with Gasteiger partial charge in [0.25, 0.3) is 0 Å². The molecule has 0 bridgehead atoms. The molecule has 0 radical (unpaired) electrons. The van der Waals surface area contributed by atoms with Crippen molar-refractivity contribution in [1.29, 1.82) is 0 Å². The van der Waals surface area contributed by atoms with Crippen LogP contribution in [0.1, 0.15) is 11.1 Å². The minimum absolute atomic E-state index is 0.587. The lowest BCUT2D eigenvalue weighted by Gasteiger charge is -2.31. The average Bonchev–Trinajstić information content (AvgIpc) is 2.61. The van der Waals surface area contributed by atoms with Gasteiger partial charge in [-0.2, -0.15) is 10.2 Å². The third-order valence-corrected chi connectivity index (χ3v) is 5.00. The Bertz CT molecular complexity index is 760. The monoisotopic (exact) mass is 428 g/mol. The zero-order chi connectivity index (χ0) is 18.5. The largest absolute Gasteiger partial charge is 0.293 e. The molecule has 2 aromatic carbocycles. The Balaban J connectivity index is 1.54. The van der Waals surface area contributed by atoms with Gasteiger partial charge in [0.05, 0.1) is 48.7 Å². The van der Waals surface area contributed by atoms with E-state index in [0.29, 0.717) is 20.1 Å². The van der Waals surface area contributed by atoms with Gasteiger partial charge >= 0.3 is 0 Å². The number of hydrazone groups is 2. The predicted molar refractivity (Wildman–Crippen MR) is 111 cm³/mol. The van der Waals surface area contributed by atoms with Crippen molar-refractivity contribution in [3.05, 3.63) is 67.6 Å². The number of hydrogen-bond acceptors (Lipinski definition) is 4. The number of benzene rings is 2. The van der Waals surface area contributed by atoms with Crippen molar-refractivity contribution in [2.24, 2.45) is 10.2 Å². The molecule has 1 aliphatic heterocycles. The molecule has 1 saturated heterocycles. The average molecular weight is 430 g/mol. The van der Waals surface area contributed by atoms with E-state index in [2.05, 4.69) is 10.2 Å². The van der Waals surface area contributed by atoms with Crippen molar-refractivity contribution >= 4 is 58.8 Å². The molecular formula is C18H16Cl4N4. The molecule has 0 amide bonds. The fourth-order valence-electron chi connectivity index (χ4n) is 2.42. The first-order chi connectivity index (χ1) is 12.5. The van der Waals surface area contributed by atoms with Crippen LogP contribution in [0.2, 0.25) is 20.1 Å². The van der Waals surface area contributed by atoms with Gasteiger partial charge in [0.2, 0.25) is 0 Å². The topological polar surface area (TPSA) is 31.2 Å². The third-order valence-electron chi connectivity index (χ3n) is 3.88. The molecule has 2 aromatic rings. The molecule has 0 atom stereocenters. The Kier molecular flexibility index (Phi) is 6.65. The Morgan fingerprint density at radius 3 is 1.38 bits per heavy atom. The minimum Gasteiger partial charge on any atom is -0.293 e. The van der Waals surface area contributed by atoms with Crippen LogP contribution in [0.15, 0.2) is 46.6 Å². The summed E-state index contributed by atoms with van der Waals surface area (Å²) in [4.78, 5) is 0. The molecule has 1 aliphatic rings. The predicted octanol–water partition coefficient (Wildman–Crippen LogP) is 5.29. The molecule has 0 aromatic heterocycles. The number of hydrogen-bond donors (Lipinski definition) is 0. The summed E-state index contributed by atoms with van der Waals surface area (Å²) in [6, 6.07) is 10.7. The second-order valence-electron chi connectivity index (χ2n) is 5.73. The molecule has 0 spiro atoms. The molecule has 136 valence electrons. The zero-order valence-electron chi connectivity index (χ0n) is 13.7. The lowest BCUT2D eigenvalue weighted by atomic mass is 10.2. The maximum Gasteiger partial charge on any atom is 0.0557 e. The van der Waals surface area contributed by atoms with E-state index in [1.807, 2.05) is 22.2 Å². The molecular weight excluding hydrogens is 414 g/mol. The van der Waals surface area contributed by atoms with E-state index in [9.17, 15) is 0 Å². The highest BCUT2D eigenvalue weighted by atomic mass is 35.5. The molecule has 26 heavy (non-hydrogen) atoms. The first kappa shape index (κ1) is 19.3. The number of piperazine rings is 1. The number of halogens is 4. The van der Waals surface area contributed by atoms with Crippen molar-refractivity contribution in [3.8, 4) is 0 Å². The van der Waals surface area contributed by atoms with Gasteiger partial charge in [-0.3, -0.25) is 10.0 Å². The van der Waals surface area contributed by atoms with Crippen molar-refractivity contribution in [1.82, 2.24) is 10.0 Å². The summed E-state index contributed by atoms with van der Waals surface area (Å²) in [7, 11) is 0. The second kappa shape index (κ2) is 8.96. The first-order valence-corrected chi connectivity index (χ1v) is 9.50. The van der Waals surface area contributed by atoms with Gasteiger partial charge in [0.15, 0.2) is 0 Å². The van der Waals surface area contributed by atoms with Gasteiger partial charge in [0.1, 0.15) is 0 Å². The molecule has 0 aliphatic carbocycles. The smallest absolute Gasteiger partial charge is 0.0557 e. The fourth-order valence-corrected chi connectivity index (χ4v) is 3.33. The van der Waals surface area contributed by atoms with E-state index in [0.717, 1.165) is 37.3 Å². The zero-order valence-corrected chi connectivity index (χ0v) is 16.8.